The van der Waals surface area contributed by atoms with Gasteiger partial charge in [0.15, 0.2) is 5.82 Å². The molecule has 2 N–H and O–H groups in total. The summed E-state index contributed by atoms with van der Waals surface area (Å²) in [7, 11) is 0. The summed E-state index contributed by atoms with van der Waals surface area (Å²) in [5.74, 6) is 1.00. The minimum absolute atomic E-state index is 0.0582. The number of carbonyl (C=O) groups is 3. The van der Waals surface area contributed by atoms with Crippen LogP contribution in [-0.2, 0) is 26.3 Å². The summed E-state index contributed by atoms with van der Waals surface area (Å²) < 4.78 is 5.46. The van der Waals surface area contributed by atoms with Gasteiger partial charge >= 0.3 is 0 Å². The zero-order valence-electron chi connectivity index (χ0n) is 19.6. The van der Waals surface area contributed by atoms with Gasteiger partial charge in [-0.25, -0.2) is 0 Å². The van der Waals surface area contributed by atoms with Crippen LogP contribution in [0.5, 0.6) is 0 Å². The lowest BCUT2D eigenvalue weighted by Gasteiger charge is -2.34. The van der Waals surface area contributed by atoms with Gasteiger partial charge in [-0.05, 0) is 25.7 Å². The van der Waals surface area contributed by atoms with Crippen molar-refractivity contribution >= 4 is 17.7 Å². The average molecular weight is 461 g/mol. The maximum Gasteiger partial charge on any atom is 0.234 e. The summed E-state index contributed by atoms with van der Waals surface area (Å²) in [5, 5.41) is 10.3. The number of nitrogens with zero attached hydrogens (tertiary/aromatic N) is 4. The molecule has 0 atom stereocenters. The molecule has 0 aromatic carbocycles. The number of amides is 3. The summed E-state index contributed by atoms with van der Waals surface area (Å²) in [6.45, 7) is 4.57. The molecule has 0 radical (unpaired) electrons. The standard InChI is InChI=1S/C23H36N6O4/c1-17(30)26-23(10-4-2-3-5-11-23)22-25-20(33-27-22)8-9-21(32)29-14-12-28(13-15-29)16-19(31)24-18-6-7-18/h18H,2-16H2,1H3,(H,24,31)(H,26,30). The molecule has 2 heterocycles. The molecule has 0 unspecified atom stereocenters. The van der Waals surface area contributed by atoms with E-state index in [2.05, 4.69) is 25.7 Å². The van der Waals surface area contributed by atoms with Gasteiger partial charge in [0.05, 0.1) is 6.54 Å². The van der Waals surface area contributed by atoms with E-state index in [1.165, 1.54) is 6.92 Å². The van der Waals surface area contributed by atoms with Crippen LogP contribution in [0.1, 0.15) is 76.4 Å². The van der Waals surface area contributed by atoms with Crippen LogP contribution in [-0.4, -0.2) is 76.4 Å². The van der Waals surface area contributed by atoms with E-state index in [1.807, 2.05) is 4.90 Å². The lowest BCUT2D eigenvalue weighted by atomic mass is 9.89. The van der Waals surface area contributed by atoms with Gasteiger partial charge in [0.25, 0.3) is 0 Å². The molecule has 0 bridgehead atoms. The topological polar surface area (TPSA) is 121 Å². The fourth-order valence-electron chi connectivity index (χ4n) is 4.86. The van der Waals surface area contributed by atoms with Gasteiger partial charge in [0.1, 0.15) is 5.54 Å². The SMILES string of the molecule is CC(=O)NC1(c2noc(CCC(=O)N3CCN(CC(=O)NC4CC4)CC3)n2)CCCCCC1. The summed E-state index contributed by atoms with van der Waals surface area (Å²) in [5.41, 5.74) is -0.573. The highest BCUT2D eigenvalue weighted by atomic mass is 16.5. The Bertz CT molecular complexity index is 836. The number of rotatable bonds is 8. The third-order valence-corrected chi connectivity index (χ3v) is 6.86. The highest BCUT2D eigenvalue weighted by Crippen LogP contribution is 2.34. The van der Waals surface area contributed by atoms with Crippen molar-refractivity contribution in [1.82, 2.24) is 30.6 Å². The van der Waals surface area contributed by atoms with E-state index in [0.29, 0.717) is 63.3 Å². The maximum absolute atomic E-state index is 12.7. The van der Waals surface area contributed by atoms with Gasteiger partial charge in [-0.3, -0.25) is 19.3 Å². The van der Waals surface area contributed by atoms with Crippen molar-refractivity contribution in [3.8, 4) is 0 Å². The largest absolute Gasteiger partial charge is 0.352 e. The predicted octanol–water partition coefficient (Wildman–Crippen LogP) is 1.11. The van der Waals surface area contributed by atoms with E-state index >= 15 is 0 Å². The van der Waals surface area contributed by atoms with E-state index in [-0.39, 0.29) is 17.7 Å². The van der Waals surface area contributed by atoms with Crippen molar-refractivity contribution in [1.29, 1.82) is 0 Å². The lowest BCUT2D eigenvalue weighted by Crippen LogP contribution is -2.51. The fourth-order valence-corrected chi connectivity index (χ4v) is 4.86. The van der Waals surface area contributed by atoms with E-state index in [9.17, 15) is 14.4 Å². The van der Waals surface area contributed by atoms with Crippen LogP contribution in [0.3, 0.4) is 0 Å². The number of hydrogen-bond acceptors (Lipinski definition) is 7. The molecule has 1 aliphatic heterocycles. The fraction of sp³-hybridized carbons (Fsp3) is 0.783. The van der Waals surface area contributed by atoms with Gasteiger partial charge in [-0.2, -0.15) is 4.98 Å². The number of piperazine rings is 1. The van der Waals surface area contributed by atoms with Crippen LogP contribution in [0.25, 0.3) is 0 Å². The molecule has 1 aromatic heterocycles. The van der Waals surface area contributed by atoms with Gasteiger partial charge in [0, 0.05) is 52.0 Å². The summed E-state index contributed by atoms with van der Waals surface area (Å²) in [6, 6.07) is 0.376. The molecule has 182 valence electrons. The van der Waals surface area contributed by atoms with Crippen molar-refractivity contribution in [3.63, 3.8) is 0 Å². The first-order valence-corrected chi connectivity index (χ1v) is 12.3. The quantitative estimate of drug-likeness (QED) is 0.558. The van der Waals surface area contributed by atoms with Gasteiger partial charge in [-0.1, -0.05) is 30.8 Å². The second kappa shape index (κ2) is 10.6. The molecule has 1 aromatic rings. The van der Waals surface area contributed by atoms with Gasteiger partial charge in [-0.15, -0.1) is 0 Å². The highest BCUT2D eigenvalue weighted by molar-refractivity contribution is 5.79. The van der Waals surface area contributed by atoms with Crippen LogP contribution < -0.4 is 10.6 Å². The number of carbonyl (C=O) groups excluding carboxylic acids is 3. The molecule has 3 fully saturated rings. The molecular formula is C23H36N6O4. The zero-order valence-corrected chi connectivity index (χ0v) is 19.6. The third kappa shape index (κ3) is 6.52. The number of hydrogen-bond donors (Lipinski definition) is 2. The monoisotopic (exact) mass is 460 g/mol. The minimum Gasteiger partial charge on any atom is -0.352 e. The Morgan fingerprint density at radius 3 is 2.39 bits per heavy atom. The van der Waals surface area contributed by atoms with E-state index < -0.39 is 5.54 Å². The second-order valence-electron chi connectivity index (χ2n) is 9.69. The molecule has 33 heavy (non-hydrogen) atoms. The lowest BCUT2D eigenvalue weighted by molar-refractivity contribution is -0.133. The Morgan fingerprint density at radius 2 is 1.76 bits per heavy atom. The predicted molar refractivity (Wildman–Crippen MR) is 120 cm³/mol. The molecule has 2 aliphatic carbocycles. The van der Waals surface area contributed by atoms with Crippen molar-refractivity contribution in [2.24, 2.45) is 0 Å². The molecule has 3 aliphatic rings. The molecule has 0 spiro atoms. The van der Waals surface area contributed by atoms with Crippen molar-refractivity contribution in [2.45, 2.75) is 82.7 Å². The van der Waals surface area contributed by atoms with Gasteiger partial charge < -0.3 is 20.1 Å². The molecule has 4 rings (SSSR count). The first-order valence-electron chi connectivity index (χ1n) is 12.3. The second-order valence-corrected chi connectivity index (χ2v) is 9.69. The summed E-state index contributed by atoms with van der Waals surface area (Å²) in [6.07, 6.45) is 8.75. The van der Waals surface area contributed by atoms with Crippen LogP contribution in [0, 0.1) is 0 Å². The Balaban J connectivity index is 1.25. The van der Waals surface area contributed by atoms with Crippen molar-refractivity contribution < 1.29 is 18.9 Å². The van der Waals surface area contributed by atoms with Crippen LogP contribution in [0.2, 0.25) is 0 Å². The Morgan fingerprint density at radius 1 is 1.06 bits per heavy atom. The Kier molecular flexibility index (Phi) is 7.62. The molecular weight excluding hydrogens is 424 g/mol. The Labute approximate surface area is 194 Å². The van der Waals surface area contributed by atoms with E-state index in [4.69, 9.17) is 4.52 Å². The highest BCUT2D eigenvalue weighted by Gasteiger charge is 2.38. The Hall–Kier alpha value is -2.49. The smallest absolute Gasteiger partial charge is 0.234 e. The average Bonchev–Trinajstić information content (AvgIpc) is 3.52. The first kappa shape index (κ1) is 23.7. The first-order chi connectivity index (χ1) is 15.9. The van der Waals surface area contributed by atoms with Crippen LogP contribution in [0.4, 0.5) is 0 Å². The number of nitrogens with one attached hydrogen (secondary N) is 2. The van der Waals surface area contributed by atoms with E-state index in [1.54, 1.807) is 0 Å². The van der Waals surface area contributed by atoms with Gasteiger partial charge in [0.2, 0.25) is 23.6 Å². The maximum atomic E-state index is 12.7. The van der Waals surface area contributed by atoms with Crippen molar-refractivity contribution in [3.05, 3.63) is 11.7 Å². The normalized spacial score (nSPS) is 21.3. The number of aryl methyl sites for hydroxylation is 1. The molecule has 10 nitrogen and oxygen atoms in total. The molecule has 1 saturated heterocycles. The summed E-state index contributed by atoms with van der Waals surface area (Å²) in [4.78, 5) is 45.0. The summed E-state index contributed by atoms with van der Waals surface area (Å²) >= 11 is 0. The number of aromatic nitrogens is 2. The molecule has 10 heteroatoms. The van der Waals surface area contributed by atoms with E-state index in [0.717, 1.165) is 51.4 Å². The van der Waals surface area contributed by atoms with Crippen LogP contribution >= 0.6 is 0 Å². The zero-order chi connectivity index (χ0) is 23.3. The third-order valence-electron chi connectivity index (χ3n) is 6.86. The minimum atomic E-state index is -0.573. The molecule has 2 saturated carbocycles. The molecule has 3 amide bonds. The van der Waals surface area contributed by atoms with Crippen LogP contribution in [0.15, 0.2) is 4.52 Å². The van der Waals surface area contributed by atoms with Crippen molar-refractivity contribution in [2.75, 3.05) is 32.7 Å².